The van der Waals surface area contributed by atoms with E-state index in [-0.39, 0.29) is 17.9 Å². The van der Waals surface area contributed by atoms with E-state index >= 15 is 0 Å². The third-order valence-corrected chi connectivity index (χ3v) is 11.4. The van der Waals surface area contributed by atoms with Gasteiger partial charge in [-0.25, -0.2) is 9.67 Å². The second kappa shape index (κ2) is 15.3. The number of hydrogen-bond donors (Lipinski definition) is 4. The van der Waals surface area contributed by atoms with Crippen molar-refractivity contribution >= 4 is 28.5 Å². The summed E-state index contributed by atoms with van der Waals surface area (Å²) in [7, 11) is 0. The number of piperazine rings is 1. The Hall–Kier alpha value is -4.32. The van der Waals surface area contributed by atoms with E-state index in [0.717, 1.165) is 103 Å². The van der Waals surface area contributed by atoms with Crippen molar-refractivity contribution in [3.05, 3.63) is 76.6 Å². The zero-order valence-electron chi connectivity index (χ0n) is 31.1. The normalized spacial score (nSPS) is 22.4. The standard InChI is InChI=1S/C41H54N8O3/c1-5-36-34(37(46-32-12-16-52-17-13-32)35-23-45-49(6-2)38(35)47-36)20-31-21-41(31,39(42)50)40(51)44-22-28-11-10-26(3)33(19-28)30-9-7-8-29(18-30)25-48-15-14-43-27(4)24-48/h7-11,18-19,23,27,31-32,43H,5-6,12-17,20-22,24-25H2,1-4H3,(H2,42,50)(H,44,51)(H,46,47)/t27-,31?,41?/m0/s1. The molecule has 1 aliphatic carbocycles. The molecule has 4 aromatic rings. The lowest BCUT2D eigenvalue weighted by molar-refractivity contribution is -0.136. The molecule has 2 saturated heterocycles. The van der Waals surface area contributed by atoms with Crippen molar-refractivity contribution in [1.29, 1.82) is 0 Å². The number of nitrogens with one attached hydrogen (secondary N) is 3. The van der Waals surface area contributed by atoms with Crippen LogP contribution in [-0.2, 0) is 46.8 Å². The number of aromatic nitrogens is 3. The average molecular weight is 707 g/mol. The average Bonchev–Trinajstić information content (AvgIpc) is 3.74. The molecule has 0 bridgehead atoms. The summed E-state index contributed by atoms with van der Waals surface area (Å²) in [4.78, 5) is 34.6. The minimum atomic E-state index is -1.26. The predicted octanol–water partition coefficient (Wildman–Crippen LogP) is 4.72. The third kappa shape index (κ3) is 7.31. The topological polar surface area (TPSA) is 139 Å². The van der Waals surface area contributed by atoms with Crippen LogP contribution in [0.3, 0.4) is 0 Å². The van der Waals surface area contributed by atoms with E-state index in [1.165, 1.54) is 11.1 Å². The molecular formula is C41H54N8O3. The number of benzene rings is 2. The number of amides is 2. The van der Waals surface area contributed by atoms with Crippen LogP contribution in [-0.4, -0.2) is 76.4 Å². The molecular weight excluding hydrogens is 653 g/mol. The van der Waals surface area contributed by atoms with Gasteiger partial charge in [0.2, 0.25) is 11.8 Å². The van der Waals surface area contributed by atoms with Crippen LogP contribution in [0.15, 0.2) is 48.7 Å². The van der Waals surface area contributed by atoms with Crippen LogP contribution in [0.5, 0.6) is 0 Å². The van der Waals surface area contributed by atoms with E-state index in [4.69, 9.17) is 15.5 Å². The Morgan fingerprint density at radius 2 is 1.94 bits per heavy atom. The number of fused-ring (bicyclic) bond motifs is 1. The first-order valence-electron chi connectivity index (χ1n) is 19.1. The van der Waals surface area contributed by atoms with Crippen LogP contribution in [0.25, 0.3) is 22.2 Å². The number of ether oxygens (including phenoxy) is 1. The van der Waals surface area contributed by atoms with Gasteiger partial charge in [0, 0.05) is 70.3 Å². The Bertz CT molecular complexity index is 1930. The molecule has 0 radical (unpaired) electrons. The molecule has 2 amide bonds. The summed E-state index contributed by atoms with van der Waals surface area (Å²) >= 11 is 0. The molecule has 3 fully saturated rings. The predicted molar refractivity (Wildman–Crippen MR) is 205 cm³/mol. The highest BCUT2D eigenvalue weighted by Gasteiger charge is 2.64. The fourth-order valence-corrected chi connectivity index (χ4v) is 8.33. The zero-order valence-corrected chi connectivity index (χ0v) is 31.1. The number of carbonyl (C=O) groups excluding carboxylic acids is 2. The van der Waals surface area contributed by atoms with E-state index in [1.54, 1.807) is 0 Å². The summed E-state index contributed by atoms with van der Waals surface area (Å²) in [5, 5.41) is 16.0. The summed E-state index contributed by atoms with van der Waals surface area (Å²) in [5.41, 5.74) is 14.4. The Morgan fingerprint density at radius 3 is 2.69 bits per heavy atom. The van der Waals surface area contributed by atoms with Crippen molar-refractivity contribution in [2.75, 3.05) is 38.2 Å². The number of carbonyl (C=O) groups is 2. The number of rotatable bonds is 13. The molecule has 11 heteroatoms. The number of pyridine rings is 1. The maximum absolute atomic E-state index is 14.0. The SMILES string of the molecule is CCc1nc2c(cnn2CC)c(NC2CCOCC2)c1CC1CC1(C(N)=O)C(=O)NCc1ccc(C)c(-c2cccc(CN3CCN[C@@H](C)C3)c2)c1. The zero-order chi connectivity index (χ0) is 36.4. The highest BCUT2D eigenvalue weighted by atomic mass is 16.5. The summed E-state index contributed by atoms with van der Waals surface area (Å²) in [6.07, 6.45) is 5.37. The van der Waals surface area contributed by atoms with Gasteiger partial charge in [-0.1, -0.05) is 37.3 Å². The van der Waals surface area contributed by atoms with Gasteiger partial charge in [0.15, 0.2) is 5.65 Å². The van der Waals surface area contributed by atoms with Crippen molar-refractivity contribution in [2.45, 2.75) is 91.5 Å². The summed E-state index contributed by atoms with van der Waals surface area (Å²) in [5.74, 6) is -1.09. The molecule has 1 saturated carbocycles. The molecule has 0 spiro atoms. The van der Waals surface area contributed by atoms with Crippen molar-refractivity contribution < 1.29 is 14.3 Å². The lowest BCUT2D eigenvalue weighted by atomic mass is 9.93. The van der Waals surface area contributed by atoms with Crippen LogP contribution < -0.4 is 21.7 Å². The van der Waals surface area contributed by atoms with Crippen molar-refractivity contribution in [3.63, 3.8) is 0 Å². The summed E-state index contributed by atoms with van der Waals surface area (Å²) in [6.45, 7) is 15.0. The molecule has 7 rings (SSSR count). The van der Waals surface area contributed by atoms with Crippen molar-refractivity contribution in [2.24, 2.45) is 17.1 Å². The number of nitrogens with two attached hydrogens (primary N) is 1. The molecule has 3 atom stereocenters. The monoisotopic (exact) mass is 706 g/mol. The second-order valence-corrected chi connectivity index (χ2v) is 15.1. The van der Waals surface area contributed by atoms with Gasteiger partial charge in [-0.3, -0.25) is 14.5 Å². The van der Waals surface area contributed by atoms with Gasteiger partial charge in [-0.15, -0.1) is 0 Å². The summed E-state index contributed by atoms with van der Waals surface area (Å²) < 4.78 is 7.55. The van der Waals surface area contributed by atoms with Crippen LogP contribution in [0.4, 0.5) is 5.69 Å². The highest BCUT2D eigenvalue weighted by Crippen LogP contribution is 2.55. The first-order valence-corrected chi connectivity index (χ1v) is 19.1. The quantitative estimate of drug-likeness (QED) is 0.147. The molecule has 3 aliphatic rings. The molecule has 52 heavy (non-hydrogen) atoms. The van der Waals surface area contributed by atoms with Gasteiger partial charge in [-0.05, 0) is 104 Å². The van der Waals surface area contributed by atoms with Gasteiger partial charge in [0.05, 0.1) is 17.3 Å². The van der Waals surface area contributed by atoms with Crippen LogP contribution in [0.1, 0.15) is 68.0 Å². The maximum atomic E-state index is 14.0. The van der Waals surface area contributed by atoms with Crippen LogP contribution in [0, 0.1) is 18.3 Å². The lowest BCUT2D eigenvalue weighted by Gasteiger charge is -2.31. The van der Waals surface area contributed by atoms with Gasteiger partial charge < -0.3 is 26.4 Å². The Balaban J connectivity index is 1.08. The first-order chi connectivity index (χ1) is 25.2. The smallest absolute Gasteiger partial charge is 0.236 e. The fraction of sp³-hybridized carbons (Fsp3) is 0.512. The van der Waals surface area contributed by atoms with Gasteiger partial charge >= 0.3 is 0 Å². The molecule has 2 aromatic carbocycles. The summed E-state index contributed by atoms with van der Waals surface area (Å²) in [6, 6.07) is 15.8. The fourth-order valence-electron chi connectivity index (χ4n) is 8.33. The van der Waals surface area contributed by atoms with Gasteiger partial charge in [-0.2, -0.15) is 5.10 Å². The van der Waals surface area contributed by atoms with E-state index < -0.39 is 11.3 Å². The van der Waals surface area contributed by atoms with Crippen molar-refractivity contribution in [3.8, 4) is 11.1 Å². The second-order valence-electron chi connectivity index (χ2n) is 15.1. The number of aryl methyl sites for hydroxylation is 3. The third-order valence-electron chi connectivity index (χ3n) is 11.4. The molecule has 2 aliphatic heterocycles. The Morgan fingerprint density at radius 1 is 1.12 bits per heavy atom. The van der Waals surface area contributed by atoms with E-state index in [1.807, 2.05) is 16.9 Å². The minimum absolute atomic E-state index is 0.221. The lowest BCUT2D eigenvalue weighted by Crippen LogP contribution is -2.48. The number of anilines is 1. The first kappa shape index (κ1) is 36.1. The van der Waals surface area contributed by atoms with Crippen molar-refractivity contribution in [1.82, 2.24) is 30.3 Å². The largest absolute Gasteiger partial charge is 0.381 e. The molecule has 5 N–H and O–H groups in total. The molecule has 4 heterocycles. The van der Waals surface area contributed by atoms with Crippen LogP contribution >= 0.6 is 0 Å². The highest BCUT2D eigenvalue weighted by molar-refractivity contribution is 6.08. The van der Waals surface area contributed by atoms with E-state index in [0.29, 0.717) is 32.0 Å². The van der Waals surface area contributed by atoms with E-state index in [9.17, 15) is 9.59 Å². The molecule has 2 unspecified atom stereocenters. The van der Waals surface area contributed by atoms with E-state index in [2.05, 4.69) is 90.0 Å². The maximum Gasteiger partial charge on any atom is 0.236 e. The van der Waals surface area contributed by atoms with Gasteiger partial charge in [0.1, 0.15) is 5.41 Å². The Labute approximate surface area is 307 Å². The number of nitrogens with zero attached hydrogens (tertiary/aromatic N) is 4. The molecule has 11 nitrogen and oxygen atoms in total. The van der Waals surface area contributed by atoms with Crippen LogP contribution in [0.2, 0.25) is 0 Å². The molecule has 276 valence electrons. The minimum Gasteiger partial charge on any atom is -0.381 e. The number of primary amides is 1. The number of hydrogen-bond acceptors (Lipinski definition) is 8. The Kier molecular flexibility index (Phi) is 10.6. The molecule has 2 aromatic heterocycles. The van der Waals surface area contributed by atoms with Gasteiger partial charge in [0.25, 0.3) is 0 Å².